The van der Waals surface area contributed by atoms with Crippen LogP contribution in [-0.2, 0) is 15.7 Å². The van der Waals surface area contributed by atoms with Crippen LogP contribution in [0.3, 0.4) is 0 Å². The molecule has 134 valence electrons. The second kappa shape index (κ2) is 7.19. The zero-order valence-electron chi connectivity index (χ0n) is 14.5. The van der Waals surface area contributed by atoms with Crippen molar-refractivity contribution >= 4 is 17.1 Å². The molecule has 1 aromatic carbocycles. The molecule has 2 unspecified atom stereocenters. The number of nitrogens with zero attached hydrogens (tertiary/aromatic N) is 1. The molecule has 2 N–H and O–H groups in total. The van der Waals surface area contributed by atoms with Crippen LogP contribution in [0.1, 0.15) is 58.6 Å². The van der Waals surface area contributed by atoms with Crippen LogP contribution in [0.5, 0.6) is 0 Å². The largest absolute Gasteiger partial charge is 0.444 e. The Labute approximate surface area is 144 Å². The normalized spacial score (nSPS) is 17.8. The number of carbonyl (C=O) groups excluding carboxylic acids is 1. The highest BCUT2D eigenvalue weighted by atomic mass is 32.2. The van der Waals surface area contributed by atoms with Crippen LogP contribution in [0.2, 0.25) is 0 Å². The first-order chi connectivity index (χ1) is 11.1. The molecular weight excluding hydrogens is 331 g/mol. The summed E-state index contributed by atoms with van der Waals surface area (Å²) in [6.45, 7) is 7.30. The van der Waals surface area contributed by atoms with E-state index < -0.39 is 28.5 Å². The summed E-state index contributed by atoms with van der Waals surface area (Å²) < 4.78 is 30.9. The maximum Gasteiger partial charge on any atom is 0.411 e. The molecule has 1 saturated carbocycles. The molecule has 0 aliphatic heterocycles. The van der Waals surface area contributed by atoms with Gasteiger partial charge in [0.25, 0.3) is 0 Å². The summed E-state index contributed by atoms with van der Waals surface area (Å²) >= 11 is 0. The first kappa shape index (κ1) is 18.9. The van der Waals surface area contributed by atoms with Crippen molar-refractivity contribution in [3.63, 3.8) is 0 Å². The molecule has 1 fully saturated rings. The van der Waals surface area contributed by atoms with Crippen molar-refractivity contribution in [2.24, 2.45) is 5.14 Å². The van der Waals surface area contributed by atoms with Gasteiger partial charge in [0.2, 0.25) is 0 Å². The van der Waals surface area contributed by atoms with Gasteiger partial charge in [0, 0.05) is 6.04 Å². The summed E-state index contributed by atoms with van der Waals surface area (Å²) in [6, 6.07) is 4.11. The number of rotatable bonds is 4. The first-order valence-electron chi connectivity index (χ1n) is 8.07. The van der Waals surface area contributed by atoms with Crippen molar-refractivity contribution in [1.82, 2.24) is 4.90 Å². The highest BCUT2D eigenvalue weighted by Gasteiger charge is 2.36. The van der Waals surface area contributed by atoms with E-state index in [-0.39, 0.29) is 17.0 Å². The van der Waals surface area contributed by atoms with Crippen LogP contribution in [0.25, 0.3) is 0 Å². The Morgan fingerprint density at radius 2 is 2.04 bits per heavy atom. The summed E-state index contributed by atoms with van der Waals surface area (Å²) in [6.07, 6.45) is 2.50. The highest BCUT2D eigenvalue weighted by Crippen LogP contribution is 2.34. The Morgan fingerprint density at radius 3 is 2.46 bits per heavy atom. The van der Waals surface area contributed by atoms with E-state index in [1.807, 2.05) is 27.7 Å². The molecule has 24 heavy (non-hydrogen) atoms. The molecule has 1 aliphatic rings. The van der Waals surface area contributed by atoms with E-state index >= 15 is 0 Å². The molecule has 2 rings (SSSR count). The van der Waals surface area contributed by atoms with Gasteiger partial charge >= 0.3 is 6.09 Å². The third-order valence-corrected chi connectivity index (χ3v) is 4.91. The lowest BCUT2D eigenvalue weighted by atomic mass is 9.89. The Kier molecular flexibility index (Phi) is 5.65. The molecule has 0 radical (unpaired) electrons. The zero-order chi connectivity index (χ0) is 18.1. The van der Waals surface area contributed by atoms with Crippen molar-refractivity contribution < 1.29 is 18.1 Å². The molecule has 0 spiro atoms. The molecule has 2 atom stereocenters. The first-order valence-corrected chi connectivity index (χ1v) is 9.28. The van der Waals surface area contributed by atoms with Gasteiger partial charge in [0.05, 0.1) is 10.9 Å². The van der Waals surface area contributed by atoms with Crippen LogP contribution in [0.15, 0.2) is 23.1 Å². The minimum absolute atomic E-state index is 0.0431. The molecule has 0 aromatic heterocycles. The third-order valence-electron chi connectivity index (χ3n) is 4.14. The van der Waals surface area contributed by atoms with Crippen LogP contribution in [0, 0.1) is 5.82 Å². The topological polar surface area (TPSA) is 72.6 Å². The molecule has 7 heteroatoms. The average molecular weight is 356 g/mol. The van der Waals surface area contributed by atoms with E-state index in [2.05, 4.69) is 0 Å². The number of halogens is 1. The number of hydrogen-bond acceptors (Lipinski definition) is 3. The van der Waals surface area contributed by atoms with Gasteiger partial charge in [-0.2, -0.15) is 0 Å². The third kappa shape index (κ3) is 4.33. The minimum Gasteiger partial charge on any atom is -0.444 e. The van der Waals surface area contributed by atoms with Gasteiger partial charge in [-0.25, -0.2) is 18.5 Å². The lowest BCUT2D eigenvalue weighted by Crippen LogP contribution is -2.47. The molecule has 1 aliphatic carbocycles. The summed E-state index contributed by atoms with van der Waals surface area (Å²) in [5, 5.41) is 5.24. The van der Waals surface area contributed by atoms with E-state index in [4.69, 9.17) is 9.88 Å². The molecule has 0 heterocycles. The van der Waals surface area contributed by atoms with Crippen LogP contribution >= 0.6 is 0 Å². The molecule has 1 amide bonds. The van der Waals surface area contributed by atoms with E-state index in [0.717, 1.165) is 19.3 Å². The lowest BCUT2D eigenvalue weighted by Gasteiger charge is -2.42. The van der Waals surface area contributed by atoms with Crippen molar-refractivity contribution in [1.29, 1.82) is 0 Å². The molecule has 0 saturated heterocycles. The van der Waals surface area contributed by atoms with Gasteiger partial charge in [-0.15, -0.1) is 0 Å². The van der Waals surface area contributed by atoms with Gasteiger partial charge in [-0.1, -0.05) is 6.07 Å². The standard InChI is InChI=1S/C17H25FN2O3S/c1-11(12-8-9-15(24(19)22)14(18)10-12)20(13-6-5-7-13)16(21)23-17(2,3)4/h8-11,13H,5-7,19H2,1-4H3. The van der Waals surface area contributed by atoms with Gasteiger partial charge in [-0.3, -0.25) is 4.90 Å². The molecule has 5 nitrogen and oxygen atoms in total. The van der Waals surface area contributed by atoms with E-state index in [0.29, 0.717) is 5.56 Å². The van der Waals surface area contributed by atoms with Crippen LogP contribution in [0.4, 0.5) is 9.18 Å². The predicted octanol–water partition coefficient (Wildman–Crippen LogP) is 3.66. The van der Waals surface area contributed by atoms with Gasteiger partial charge in [0.15, 0.2) is 0 Å². The van der Waals surface area contributed by atoms with E-state index in [1.165, 1.54) is 12.1 Å². The number of amides is 1. The van der Waals surface area contributed by atoms with Crippen LogP contribution in [-0.4, -0.2) is 26.8 Å². The fourth-order valence-corrected chi connectivity index (χ4v) is 3.16. The van der Waals surface area contributed by atoms with Crippen LogP contribution < -0.4 is 5.14 Å². The lowest BCUT2D eigenvalue weighted by molar-refractivity contribution is -0.00436. The van der Waals surface area contributed by atoms with Gasteiger partial charge in [-0.05, 0) is 64.7 Å². The van der Waals surface area contributed by atoms with Crippen molar-refractivity contribution in [3.05, 3.63) is 29.6 Å². The Hall–Kier alpha value is -1.47. The number of benzene rings is 1. The average Bonchev–Trinajstić information content (AvgIpc) is 2.39. The maximum atomic E-state index is 14.1. The SMILES string of the molecule is CC(c1ccc(S(N)=O)c(F)c1)N(C(=O)OC(C)(C)C)C1CCC1. The van der Waals surface area contributed by atoms with E-state index in [9.17, 15) is 13.4 Å². The monoisotopic (exact) mass is 356 g/mol. The van der Waals surface area contributed by atoms with E-state index in [1.54, 1.807) is 11.0 Å². The second-order valence-electron chi connectivity index (χ2n) is 7.14. The summed E-state index contributed by atoms with van der Waals surface area (Å²) in [5.74, 6) is -0.627. The Morgan fingerprint density at radius 1 is 1.42 bits per heavy atom. The number of ether oxygens (including phenoxy) is 1. The fraction of sp³-hybridized carbons (Fsp3) is 0.588. The summed E-state index contributed by atoms with van der Waals surface area (Å²) in [4.78, 5) is 14.2. The summed E-state index contributed by atoms with van der Waals surface area (Å²) in [5.41, 5.74) is 0.0316. The minimum atomic E-state index is -1.87. The number of carbonyl (C=O) groups is 1. The second-order valence-corrected chi connectivity index (χ2v) is 8.17. The zero-order valence-corrected chi connectivity index (χ0v) is 15.4. The smallest absolute Gasteiger partial charge is 0.411 e. The van der Waals surface area contributed by atoms with Gasteiger partial charge < -0.3 is 4.74 Å². The molecule has 1 aromatic rings. The van der Waals surface area contributed by atoms with Gasteiger partial charge in [0.1, 0.15) is 22.4 Å². The van der Waals surface area contributed by atoms with Crippen molar-refractivity contribution in [2.45, 2.75) is 69.5 Å². The maximum absolute atomic E-state index is 14.1. The predicted molar refractivity (Wildman–Crippen MR) is 91.1 cm³/mol. The Balaban J connectivity index is 2.27. The number of hydrogen-bond donors (Lipinski definition) is 1. The van der Waals surface area contributed by atoms with Crippen molar-refractivity contribution in [2.75, 3.05) is 0 Å². The van der Waals surface area contributed by atoms with Crippen molar-refractivity contribution in [3.8, 4) is 0 Å². The quantitative estimate of drug-likeness (QED) is 0.895. The fourth-order valence-electron chi connectivity index (χ4n) is 2.70. The molecule has 0 bridgehead atoms. The molecular formula is C17H25FN2O3S. The number of nitrogens with two attached hydrogens (primary N) is 1. The summed E-state index contributed by atoms with van der Waals surface area (Å²) in [7, 11) is -1.87. The Bertz CT molecular complexity index is 641. The highest BCUT2D eigenvalue weighted by molar-refractivity contribution is 7.82.